The van der Waals surface area contributed by atoms with Gasteiger partial charge in [0.1, 0.15) is 22.6 Å². The minimum absolute atomic E-state index is 0. The maximum atomic E-state index is 5.02. The number of hydrogen-bond donors (Lipinski definition) is 2. The molecule has 9 rings (SSSR count). The van der Waals surface area contributed by atoms with E-state index >= 15 is 0 Å². The van der Waals surface area contributed by atoms with E-state index in [4.69, 9.17) is 38.5 Å². The molecule has 0 saturated carbocycles. The van der Waals surface area contributed by atoms with Gasteiger partial charge in [-0.3, -0.25) is 0 Å². The standard InChI is InChI=1S/C32H18N8.2ClH.In.2H/c1-2-10-18-17(9-1)25-33-26(18)38-28-21-13-5-6-14-22(21)30(35-28)40-32-24-16-8-7-15-23(24)31(36-32)39-29-20-12-4-3-11-19(20)27(34-29)37-25;;;;;/h1-16H,(H2,33,34,35,36,37,38,39,40);2*1H;;;/q;;;+1;;/p-1. The summed E-state index contributed by atoms with van der Waals surface area (Å²) >= 11 is 0.422. The molecule has 0 radical (unpaired) electrons. The first-order chi connectivity index (χ1) is 20.8. The fraction of sp³-hybridized carbons (Fsp3) is 0. The second-order valence-corrected chi connectivity index (χ2v) is 9.79. The van der Waals surface area contributed by atoms with Crippen LogP contribution in [-0.4, -0.2) is 63.1 Å². The van der Waals surface area contributed by atoms with Gasteiger partial charge in [0.25, 0.3) is 0 Å². The van der Waals surface area contributed by atoms with Gasteiger partial charge in [0.05, 0.1) is 0 Å². The van der Waals surface area contributed by atoms with Crippen LogP contribution < -0.4 is 0 Å². The summed E-state index contributed by atoms with van der Waals surface area (Å²) in [7, 11) is 4.85. The fourth-order valence-corrected chi connectivity index (χ4v) is 5.59. The number of halogens is 2. The Hall–Kier alpha value is -4.31. The van der Waals surface area contributed by atoms with Crippen LogP contribution in [0.1, 0.15) is 0 Å². The van der Waals surface area contributed by atoms with Crippen molar-refractivity contribution in [3.63, 3.8) is 0 Å². The number of H-pyrrole nitrogens is 2. The molecular formula is C32H21Cl2InN8. The van der Waals surface area contributed by atoms with E-state index in [1.165, 1.54) is 0 Å². The number of aromatic amines is 2. The zero-order valence-electron chi connectivity index (χ0n) is 22.7. The van der Waals surface area contributed by atoms with E-state index in [0.29, 0.717) is 69.1 Å². The SMILES string of the molecule is Cl.[Cl][InH2].c1ccc2c(c1)-c1nc-2nc2[nH]c(nc3nc(nc4[nH]c(n1)c1ccccc41)-c1ccccc1-3)c1ccccc21. The van der Waals surface area contributed by atoms with Crippen molar-refractivity contribution < 1.29 is 0 Å². The first-order valence-electron chi connectivity index (χ1n) is 13.4. The van der Waals surface area contributed by atoms with Crippen LogP contribution in [0.5, 0.6) is 0 Å². The van der Waals surface area contributed by atoms with E-state index in [2.05, 4.69) is 9.97 Å². The molecular weight excluding hydrogens is 682 g/mol. The Balaban J connectivity index is 0.000000981. The normalized spacial score (nSPS) is 11.3. The first kappa shape index (κ1) is 27.5. The van der Waals surface area contributed by atoms with E-state index in [1.54, 1.807) is 0 Å². The summed E-state index contributed by atoms with van der Waals surface area (Å²) in [5.74, 6) is 2.39. The molecule has 43 heavy (non-hydrogen) atoms. The zero-order valence-corrected chi connectivity index (χ0v) is 30.0. The maximum absolute atomic E-state index is 5.02. The quantitative estimate of drug-likeness (QED) is 0.175. The molecule has 206 valence electrons. The van der Waals surface area contributed by atoms with Gasteiger partial charge in [-0.15, -0.1) is 12.4 Å². The molecule has 2 aliphatic rings. The van der Waals surface area contributed by atoms with Crippen molar-refractivity contribution in [2.45, 2.75) is 0 Å². The van der Waals surface area contributed by atoms with Crippen LogP contribution in [0.15, 0.2) is 97.1 Å². The third kappa shape index (κ3) is 4.47. The Bertz CT molecular complexity index is 2050. The van der Waals surface area contributed by atoms with Crippen molar-refractivity contribution in [1.82, 2.24) is 39.9 Å². The third-order valence-electron chi connectivity index (χ3n) is 7.46. The predicted octanol–water partition coefficient (Wildman–Crippen LogP) is 7.06. The molecule has 5 heterocycles. The molecule has 0 fully saturated rings. The third-order valence-corrected chi connectivity index (χ3v) is 7.46. The van der Waals surface area contributed by atoms with Crippen molar-refractivity contribution in [3.05, 3.63) is 97.1 Å². The van der Waals surface area contributed by atoms with Crippen LogP contribution in [0.25, 0.3) is 89.7 Å². The second-order valence-electron chi connectivity index (χ2n) is 9.79. The Morgan fingerprint density at radius 2 is 0.605 bits per heavy atom. The topological polar surface area (TPSA) is 109 Å². The summed E-state index contributed by atoms with van der Waals surface area (Å²) in [6.45, 7) is 0. The maximum Gasteiger partial charge on any atom is 0.164 e. The van der Waals surface area contributed by atoms with Crippen molar-refractivity contribution in [2.24, 2.45) is 0 Å². The Labute approximate surface area is 269 Å². The molecule has 0 amide bonds. The van der Waals surface area contributed by atoms with E-state index in [-0.39, 0.29) is 12.4 Å². The summed E-state index contributed by atoms with van der Waals surface area (Å²) in [6, 6.07) is 32.2. The van der Waals surface area contributed by atoms with E-state index in [1.807, 2.05) is 97.1 Å². The van der Waals surface area contributed by atoms with Crippen LogP contribution in [0.2, 0.25) is 0 Å². The second kappa shape index (κ2) is 11.1. The number of nitrogens with zero attached hydrogens (tertiary/aromatic N) is 6. The molecule has 2 N–H and O–H groups in total. The van der Waals surface area contributed by atoms with Crippen molar-refractivity contribution in [1.29, 1.82) is 0 Å². The number of aromatic nitrogens is 8. The van der Waals surface area contributed by atoms with Gasteiger partial charge >= 0.3 is 31.8 Å². The van der Waals surface area contributed by atoms with Crippen molar-refractivity contribution in [3.8, 4) is 45.6 Å². The molecule has 8 bridgehead atoms. The van der Waals surface area contributed by atoms with E-state index in [9.17, 15) is 0 Å². The molecule has 0 aliphatic carbocycles. The molecule has 0 saturated heterocycles. The van der Waals surface area contributed by atoms with Gasteiger partial charge in [0, 0.05) is 43.8 Å². The summed E-state index contributed by atoms with van der Waals surface area (Å²) in [5, 5.41) is 3.82. The Kier molecular flexibility index (Phi) is 7.09. The molecule has 0 atom stereocenters. The number of benzene rings is 4. The summed E-state index contributed by atoms with van der Waals surface area (Å²) in [4.78, 5) is 36.8. The van der Waals surface area contributed by atoms with Crippen LogP contribution in [0.4, 0.5) is 0 Å². The van der Waals surface area contributed by atoms with Crippen molar-refractivity contribution in [2.75, 3.05) is 0 Å². The molecule has 4 aromatic carbocycles. The zero-order chi connectivity index (χ0) is 28.2. The average Bonchev–Trinajstić information content (AvgIpc) is 3.78. The molecule has 11 heteroatoms. The predicted molar refractivity (Wildman–Crippen MR) is 178 cm³/mol. The molecule has 3 aromatic heterocycles. The smallest absolute Gasteiger partial charge is 0.164 e. The first-order valence-corrected chi connectivity index (χ1v) is 20.6. The van der Waals surface area contributed by atoms with Crippen LogP contribution >= 0.6 is 21.0 Å². The monoisotopic (exact) mass is 702 g/mol. The van der Waals surface area contributed by atoms with Gasteiger partial charge in [0.15, 0.2) is 23.3 Å². The number of nitrogens with one attached hydrogen (secondary N) is 2. The largest absolute Gasteiger partial charge is 0.324 e. The fourth-order valence-electron chi connectivity index (χ4n) is 5.59. The summed E-state index contributed by atoms with van der Waals surface area (Å²) in [6.07, 6.45) is 0. The van der Waals surface area contributed by atoms with Crippen LogP contribution in [0.3, 0.4) is 0 Å². The van der Waals surface area contributed by atoms with Crippen LogP contribution in [0, 0.1) is 0 Å². The van der Waals surface area contributed by atoms with Crippen molar-refractivity contribution >= 4 is 88.3 Å². The minimum atomic E-state index is 0. The Morgan fingerprint density at radius 3 is 0.860 bits per heavy atom. The van der Waals surface area contributed by atoms with Gasteiger partial charge in [-0.05, 0) is 0 Å². The van der Waals surface area contributed by atoms with Gasteiger partial charge in [-0.25, -0.2) is 29.9 Å². The molecule has 0 spiro atoms. The molecule has 8 nitrogen and oxygen atoms in total. The number of hydrogen-bond acceptors (Lipinski definition) is 6. The molecule has 0 unspecified atom stereocenters. The van der Waals surface area contributed by atoms with Gasteiger partial charge in [0.2, 0.25) is 0 Å². The number of rotatable bonds is 0. The van der Waals surface area contributed by atoms with Crippen LogP contribution in [-0.2, 0) is 0 Å². The number of fused-ring (bicyclic) bond motifs is 20. The molecule has 2 aliphatic heterocycles. The van der Waals surface area contributed by atoms with E-state index in [0.717, 1.165) is 43.8 Å². The van der Waals surface area contributed by atoms with E-state index < -0.39 is 0 Å². The summed E-state index contributed by atoms with van der Waals surface area (Å²) in [5.41, 5.74) is 6.45. The van der Waals surface area contributed by atoms with Gasteiger partial charge < -0.3 is 9.97 Å². The Morgan fingerprint density at radius 1 is 0.372 bits per heavy atom. The van der Waals surface area contributed by atoms with Gasteiger partial charge in [-0.1, -0.05) is 97.1 Å². The minimum Gasteiger partial charge on any atom is -0.324 e. The average molecular weight is 703 g/mol. The summed E-state index contributed by atoms with van der Waals surface area (Å²) < 4.78 is 0. The van der Waals surface area contributed by atoms with Gasteiger partial charge in [-0.2, -0.15) is 0 Å². The molecule has 7 aromatic rings.